The first-order valence-corrected chi connectivity index (χ1v) is 10.1. The molecule has 3 N–H and O–H groups in total. The molecule has 1 atom stereocenters. The normalized spacial score (nSPS) is 16.1. The molecular formula is C23H29N5O2. The van der Waals surface area contributed by atoms with Crippen LogP contribution in [0, 0.1) is 0 Å². The van der Waals surface area contributed by atoms with E-state index in [4.69, 9.17) is 5.73 Å². The van der Waals surface area contributed by atoms with Crippen LogP contribution in [-0.2, 0) is 22.7 Å². The van der Waals surface area contributed by atoms with E-state index in [0.717, 1.165) is 17.8 Å². The van der Waals surface area contributed by atoms with Crippen LogP contribution in [0.5, 0.6) is 0 Å². The van der Waals surface area contributed by atoms with Crippen LogP contribution < -0.4 is 16.1 Å². The van der Waals surface area contributed by atoms with Gasteiger partial charge in [-0.1, -0.05) is 42.5 Å². The summed E-state index contributed by atoms with van der Waals surface area (Å²) in [7, 11) is 2.08. The van der Waals surface area contributed by atoms with Crippen molar-refractivity contribution in [2.24, 2.45) is 10.8 Å². The average Bonchev–Trinajstić information content (AvgIpc) is 3.19. The smallest absolute Gasteiger partial charge is 0.267 e. The molecule has 1 aliphatic rings. The largest absolute Gasteiger partial charge is 0.368 e. The summed E-state index contributed by atoms with van der Waals surface area (Å²) in [6.07, 6.45) is 0.188. The zero-order valence-corrected chi connectivity index (χ0v) is 17.7. The number of para-hydroxylation sites is 1. The maximum atomic E-state index is 12.8. The van der Waals surface area contributed by atoms with Crippen LogP contribution in [-0.4, -0.2) is 41.6 Å². The summed E-state index contributed by atoms with van der Waals surface area (Å²) in [6.45, 7) is 5.50. The Balaban J connectivity index is 1.70. The summed E-state index contributed by atoms with van der Waals surface area (Å²) in [5.41, 5.74) is 8.81. The highest BCUT2D eigenvalue weighted by molar-refractivity contribution is 6.40. The van der Waals surface area contributed by atoms with Crippen LogP contribution in [0.3, 0.4) is 0 Å². The van der Waals surface area contributed by atoms with E-state index >= 15 is 0 Å². The van der Waals surface area contributed by atoms with Gasteiger partial charge in [-0.15, -0.1) is 0 Å². The number of hydrogen-bond donors (Lipinski definition) is 2. The van der Waals surface area contributed by atoms with Gasteiger partial charge < -0.3 is 11.1 Å². The summed E-state index contributed by atoms with van der Waals surface area (Å²) < 4.78 is 0. The number of nitrogens with zero attached hydrogens (tertiary/aromatic N) is 3. The summed E-state index contributed by atoms with van der Waals surface area (Å²) in [5.74, 6) is -0.792. The fourth-order valence-corrected chi connectivity index (χ4v) is 3.30. The third kappa shape index (κ3) is 5.04. The van der Waals surface area contributed by atoms with Gasteiger partial charge in [-0.25, -0.2) is 0 Å². The van der Waals surface area contributed by atoms with Crippen molar-refractivity contribution in [3.05, 3.63) is 65.7 Å². The van der Waals surface area contributed by atoms with Gasteiger partial charge in [0.05, 0.1) is 5.69 Å². The molecule has 0 fully saturated rings. The number of amides is 2. The molecule has 1 unspecified atom stereocenters. The lowest BCUT2D eigenvalue weighted by atomic mass is 10.1. The minimum atomic E-state index is -0.667. The molecule has 7 nitrogen and oxygen atoms in total. The summed E-state index contributed by atoms with van der Waals surface area (Å²) in [5, 5.41) is 8.87. The minimum Gasteiger partial charge on any atom is -0.368 e. The van der Waals surface area contributed by atoms with Gasteiger partial charge in [0.25, 0.3) is 5.91 Å². The minimum absolute atomic E-state index is 0.188. The molecule has 158 valence electrons. The molecule has 2 aromatic carbocycles. The van der Waals surface area contributed by atoms with Gasteiger partial charge in [-0.3, -0.25) is 19.5 Å². The summed E-state index contributed by atoms with van der Waals surface area (Å²) in [4.78, 5) is 26.9. The second kappa shape index (κ2) is 9.54. The van der Waals surface area contributed by atoms with Crippen molar-refractivity contribution in [3.8, 4) is 0 Å². The SMILES string of the molecule is CC(C)N(C)Cc1ccccc1CNC(=O)C1=NN(c2ccccc2)C(C(N)=O)C1. The van der Waals surface area contributed by atoms with Gasteiger partial charge in [0.1, 0.15) is 11.8 Å². The molecule has 30 heavy (non-hydrogen) atoms. The Labute approximate surface area is 177 Å². The molecule has 3 rings (SSSR count). The first-order chi connectivity index (χ1) is 14.4. The highest BCUT2D eigenvalue weighted by Gasteiger charge is 2.34. The third-order valence-electron chi connectivity index (χ3n) is 5.38. The van der Waals surface area contributed by atoms with Crippen LogP contribution in [0.1, 0.15) is 31.4 Å². The lowest BCUT2D eigenvalue weighted by Crippen LogP contribution is -2.39. The molecule has 0 radical (unpaired) electrons. The number of rotatable bonds is 8. The number of anilines is 1. The fourth-order valence-electron chi connectivity index (χ4n) is 3.30. The summed E-state index contributed by atoms with van der Waals surface area (Å²) >= 11 is 0. The molecule has 0 spiro atoms. The standard InChI is InChI=1S/C23H29N5O2/c1-16(2)27(3)15-18-10-8-7-9-17(18)14-25-23(30)20-13-21(22(24)29)28(26-20)19-11-5-4-6-12-19/h4-12,16,21H,13-15H2,1-3H3,(H2,24,29)(H,25,30). The quantitative estimate of drug-likeness (QED) is 0.702. The van der Waals surface area contributed by atoms with Gasteiger partial charge in [0.2, 0.25) is 5.91 Å². The van der Waals surface area contributed by atoms with Crippen molar-refractivity contribution in [2.75, 3.05) is 12.1 Å². The zero-order chi connectivity index (χ0) is 21.7. The molecule has 0 saturated carbocycles. The first-order valence-electron chi connectivity index (χ1n) is 10.1. The molecule has 0 saturated heterocycles. The predicted octanol–water partition coefficient (Wildman–Crippen LogP) is 2.26. The van der Waals surface area contributed by atoms with Gasteiger partial charge in [0.15, 0.2) is 0 Å². The number of hydrazone groups is 1. The average molecular weight is 408 g/mol. The number of carbonyl (C=O) groups is 2. The van der Waals surface area contributed by atoms with E-state index in [1.165, 1.54) is 10.6 Å². The Hall–Kier alpha value is -3.19. The number of benzene rings is 2. The number of carbonyl (C=O) groups excluding carboxylic acids is 2. The van der Waals surface area contributed by atoms with Crippen molar-refractivity contribution < 1.29 is 9.59 Å². The van der Waals surface area contributed by atoms with E-state index in [1.807, 2.05) is 48.5 Å². The van der Waals surface area contributed by atoms with E-state index in [-0.39, 0.29) is 12.3 Å². The van der Waals surface area contributed by atoms with Crippen molar-refractivity contribution >= 4 is 23.2 Å². The first kappa shape index (κ1) is 21.5. The molecule has 7 heteroatoms. The lowest BCUT2D eigenvalue weighted by Gasteiger charge is -2.22. The Morgan fingerprint density at radius 3 is 2.40 bits per heavy atom. The number of primary amides is 1. The maximum Gasteiger partial charge on any atom is 0.267 e. The van der Waals surface area contributed by atoms with E-state index in [0.29, 0.717) is 18.3 Å². The van der Waals surface area contributed by atoms with E-state index in [2.05, 4.69) is 42.3 Å². The predicted molar refractivity (Wildman–Crippen MR) is 119 cm³/mol. The Bertz CT molecular complexity index is 926. The van der Waals surface area contributed by atoms with E-state index < -0.39 is 11.9 Å². The van der Waals surface area contributed by atoms with Crippen molar-refractivity contribution in [3.63, 3.8) is 0 Å². The zero-order valence-electron chi connectivity index (χ0n) is 17.7. The van der Waals surface area contributed by atoms with Crippen LogP contribution in [0.25, 0.3) is 0 Å². The van der Waals surface area contributed by atoms with Crippen LogP contribution in [0.2, 0.25) is 0 Å². The topological polar surface area (TPSA) is 91.0 Å². The highest BCUT2D eigenvalue weighted by Crippen LogP contribution is 2.24. The molecule has 2 aromatic rings. The molecule has 2 amide bonds. The van der Waals surface area contributed by atoms with Gasteiger partial charge >= 0.3 is 0 Å². The highest BCUT2D eigenvalue weighted by atomic mass is 16.2. The van der Waals surface area contributed by atoms with Crippen molar-refractivity contribution in [1.82, 2.24) is 10.2 Å². The monoisotopic (exact) mass is 407 g/mol. The van der Waals surface area contributed by atoms with Gasteiger partial charge in [-0.2, -0.15) is 5.10 Å². The second-order valence-corrected chi connectivity index (χ2v) is 7.81. The van der Waals surface area contributed by atoms with Gasteiger partial charge in [0, 0.05) is 25.6 Å². The third-order valence-corrected chi connectivity index (χ3v) is 5.38. The Morgan fingerprint density at radius 1 is 1.13 bits per heavy atom. The number of hydrogen-bond acceptors (Lipinski definition) is 5. The molecule has 0 aromatic heterocycles. The molecule has 0 aliphatic carbocycles. The van der Waals surface area contributed by atoms with Crippen LogP contribution in [0.4, 0.5) is 5.69 Å². The Kier molecular flexibility index (Phi) is 6.84. The number of nitrogens with two attached hydrogens (primary N) is 1. The Morgan fingerprint density at radius 2 is 1.77 bits per heavy atom. The molecule has 1 aliphatic heterocycles. The maximum absolute atomic E-state index is 12.8. The van der Waals surface area contributed by atoms with Crippen molar-refractivity contribution in [2.45, 2.75) is 45.4 Å². The van der Waals surface area contributed by atoms with E-state index in [1.54, 1.807) is 0 Å². The van der Waals surface area contributed by atoms with Crippen LogP contribution >= 0.6 is 0 Å². The molecular weight excluding hydrogens is 378 g/mol. The summed E-state index contributed by atoms with van der Waals surface area (Å²) in [6, 6.07) is 17.1. The number of nitrogens with one attached hydrogen (secondary N) is 1. The van der Waals surface area contributed by atoms with E-state index in [9.17, 15) is 9.59 Å². The lowest BCUT2D eigenvalue weighted by molar-refractivity contribution is -0.119. The van der Waals surface area contributed by atoms with Crippen molar-refractivity contribution in [1.29, 1.82) is 0 Å². The van der Waals surface area contributed by atoms with Gasteiger partial charge in [-0.05, 0) is 44.2 Å². The molecule has 0 bridgehead atoms. The fraction of sp³-hybridized carbons (Fsp3) is 0.348. The second-order valence-electron chi connectivity index (χ2n) is 7.81. The molecule has 1 heterocycles. The van der Waals surface area contributed by atoms with Crippen LogP contribution in [0.15, 0.2) is 59.7 Å².